The standard InChI is InChI=1S/C20H23N3O2S/c1-4-12(3)17(20(24)25)23-18-16-15(10-26-19(16)22-11-21-18)14-8-6-13(5-2)7-9-14/h6-12,17H,4-5H2,1-3H3,(H,24,25)(H,21,22,23). The van der Waals surface area contributed by atoms with Gasteiger partial charge in [0.25, 0.3) is 0 Å². The third kappa shape index (κ3) is 3.55. The van der Waals surface area contributed by atoms with Crippen molar-refractivity contribution >= 4 is 33.3 Å². The summed E-state index contributed by atoms with van der Waals surface area (Å²) in [6.45, 7) is 6.05. The minimum Gasteiger partial charge on any atom is -0.480 e. The van der Waals surface area contributed by atoms with Crippen LogP contribution in [0, 0.1) is 5.92 Å². The van der Waals surface area contributed by atoms with Crippen LogP contribution in [0.1, 0.15) is 32.8 Å². The molecule has 2 atom stereocenters. The van der Waals surface area contributed by atoms with Gasteiger partial charge in [0.15, 0.2) is 0 Å². The SMILES string of the molecule is CCc1ccc(-c2csc3ncnc(NC(C(=O)O)C(C)CC)c23)cc1. The lowest BCUT2D eigenvalue weighted by molar-refractivity contribution is -0.139. The van der Waals surface area contributed by atoms with Crippen LogP contribution in [0.2, 0.25) is 0 Å². The maximum atomic E-state index is 11.7. The Balaban J connectivity index is 2.06. The first-order chi connectivity index (χ1) is 12.5. The molecule has 1 aromatic carbocycles. The van der Waals surface area contributed by atoms with Crippen molar-refractivity contribution in [3.8, 4) is 11.1 Å². The van der Waals surface area contributed by atoms with E-state index in [1.165, 1.54) is 11.9 Å². The average molecular weight is 369 g/mol. The van der Waals surface area contributed by atoms with Crippen LogP contribution >= 0.6 is 11.3 Å². The summed E-state index contributed by atoms with van der Waals surface area (Å²) in [6, 6.07) is 7.75. The highest BCUT2D eigenvalue weighted by Gasteiger charge is 2.25. The van der Waals surface area contributed by atoms with Crippen molar-refractivity contribution in [3.63, 3.8) is 0 Å². The molecule has 0 fully saturated rings. The van der Waals surface area contributed by atoms with E-state index in [9.17, 15) is 9.90 Å². The normalized spacial score (nSPS) is 13.5. The van der Waals surface area contributed by atoms with Gasteiger partial charge < -0.3 is 10.4 Å². The van der Waals surface area contributed by atoms with Crippen LogP contribution in [0.3, 0.4) is 0 Å². The zero-order valence-electron chi connectivity index (χ0n) is 15.2. The molecule has 3 aromatic rings. The molecule has 3 rings (SSSR count). The Kier molecular flexibility index (Phi) is 5.52. The van der Waals surface area contributed by atoms with Crippen molar-refractivity contribution in [2.24, 2.45) is 5.92 Å². The number of aryl methyl sites for hydroxylation is 1. The van der Waals surface area contributed by atoms with E-state index < -0.39 is 12.0 Å². The van der Waals surface area contributed by atoms with Gasteiger partial charge >= 0.3 is 5.97 Å². The maximum Gasteiger partial charge on any atom is 0.326 e. The number of carbonyl (C=O) groups is 1. The first-order valence-corrected chi connectivity index (χ1v) is 9.73. The van der Waals surface area contributed by atoms with Gasteiger partial charge in [-0.3, -0.25) is 0 Å². The van der Waals surface area contributed by atoms with Crippen molar-refractivity contribution in [3.05, 3.63) is 41.5 Å². The predicted molar refractivity (Wildman–Crippen MR) is 107 cm³/mol. The van der Waals surface area contributed by atoms with Crippen LogP contribution in [0.4, 0.5) is 5.82 Å². The number of thiophene rings is 1. The van der Waals surface area contributed by atoms with Crippen LogP contribution in [0.15, 0.2) is 36.0 Å². The van der Waals surface area contributed by atoms with E-state index in [1.54, 1.807) is 11.3 Å². The molecular formula is C20H23N3O2S. The van der Waals surface area contributed by atoms with E-state index in [4.69, 9.17) is 0 Å². The molecule has 0 saturated heterocycles. The highest BCUT2D eigenvalue weighted by molar-refractivity contribution is 7.17. The molecule has 136 valence electrons. The smallest absolute Gasteiger partial charge is 0.326 e. The lowest BCUT2D eigenvalue weighted by Crippen LogP contribution is -2.35. The van der Waals surface area contributed by atoms with Crippen LogP contribution in [0.5, 0.6) is 0 Å². The number of carboxylic acids is 1. The van der Waals surface area contributed by atoms with Crippen molar-refractivity contribution in [2.45, 2.75) is 39.7 Å². The summed E-state index contributed by atoms with van der Waals surface area (Å²) in [5.74, 6) is -0.294. The van der Waals surface area contributed by atoms with Gasteiger partial charge in [-0.15, -0.1) is 11.3 Å². The van der Waals surface area contributed by atoms with Crippen molar-refractivity contribution < 1.29 is 9.90 Å². The maximum absolute atomic E-state index is 11.7. The molecule has 0 radical (unpaired) electrons. The quantitative estimate of drug-likeness (QED) is 0.624. The molecule has 2 unspecified atom stereocenters. The molecule has 0 aliphatic carbocycles. The summed E-state index contributed by atoms with van der Waals surface area (Å²) < 4.78 is 0. The van der Waals surface area contributed by atoms with Gasteiger partial charge in [0, 0.05) is 10.9 Å². The molecule has 0 spiro atoms. The van der Waals surface area contributed by atoms with Crippen molar-refractivity contribution in [1.29, 1.82) is 0 Å². The van der Waals surface area contributed by atoms with Crippen LogP contribution in [0.25, 0.3) is 21.3 Å². The lowest BCUT2D eigenvalue weighted by Gasteiger charge is -2.21. The zero-order chi connectivity index (χ0) is 18.7. The Bertz CT molecular complexity index is 905. The van der Waals surface area contributed by atoms with E-state index in [2.05, 4.69) is 51.9 Å². The molecule has 6 heteroatoms. The fourth-order valence-corrected chi connectivity index (χ4v) is 3.86. The highest BCUT2D eigenvalue weighted by Crippen LogP contribution is 2.37. The molecule has 2 heterocycles. The third-order valence-corrected chi connectivity index (χ3v) is 5.70. The van der Waals surface area contributed by atoms with E-state index in [1.807, 2.05) is 13.8 Å². The van der Waals surface area contributed by atoms with Gasteiger partial charge in [-0.25, -0.2) is 14.8 Å². The first kappa shape index (κ1) is 18.3. The second-order valence-electron chi connectivity index (χ2n) is 6.45. The molecule has 0 saturated carbocycles. The second-order valence-corrected chi connectivity index (χ2v) is 7.31. The Hall–Kier alpha value is -2.47. The number of rotatable bonds is 7. The van der Waals surface area contributed by atoms with Crippen LogP contribution < -0.4 is 5.32 Å². The molecule has 26 heavy (non-hydrogen) atoms. The lowest BCUT2D eigenvalue weighted by atomic mass is 9.98. The Morgan fingerprint density at radius 3 is 2.58 bits per heavy atom. The summed E-state index contributed by atoms with van der Waals surface area (Å²) in [7, 11) is 0. The summed E-state index contributed by atoms with van der Waals surface area (Å²) in [4.78, 5) is 21.3. The van der Waals surface area contributed by atoms with Crippen molar-refractivity contribution in [1.82, 2.24) is 9.97 Å². The van der Waals surface area contributed by atoms with Gasteiger partial charge in [0.2, 0.25) is 0 Å². The molecule has 0 aliphatic heterocycles. The third-order valence-electron chi connectivity index (χ3n) is 4.81. The Morgan fingerprint density at radius 2 is 1.96 bits per heavy atom. The molecule has 5 nitrogen and oxygen atoms in total. The summed E-state index contributed by atoms with van der Waals surface area (Å²) in [5.41, 5.74) is 3.40. The number of nitrogens with one attached hydrogen (secondary N) is 1. The molecule has 0 bridgehead atoms. The monoisotopic (exact) mass is 369 g/mol. The topological polar surface area (TPSA) is 75.1 Å². The van der Waals surface area contributed by atoms with Crippen LogP contribution in [-0.2, 0) is 11.2 Å². The molecule has 0 aliphatic rings. The second kappa shape index (κ2) is 7.83. The number of nitrogens with zero attached hydrogens (tertiary/aromatic N) is 2. The number of benzene rings is 1. The van der Waals surface area contributed by atoms with Crippen LogP contribution in [-0.4, -0.2) is 27.1 Å². The van der Waals surface area contributed by atoms with E-state index in [-0.39, 0.29) is 5.92 Å². The number of anilines is 1. The summed E-state index contributed by atoms with van der Waals surface area (Å²) in [5, 5.41) is 15.7. The molecule has 0 amide bonds. The minimum atomic E-state index is -0.866. The van der Waals surface area contributed by atoms with E-state index in [0.29, 0.717) is 5.82 Å². The fourth-order valence-electron chi connectivity index (χ4n) is 2.95. The van der Waals surface area contributed by atoms with Gasteiger partial charge in [-0.1, -0.05) is 51.5 Å². The van der Waals surface area contributed by atoms with Gasteiger partial charge in [-0.2, -0.15) is 0 Å². The first-order valence-electron chi connectivity index (χ1n) is 8.86. The van der Waals surface area contributed by atoms with E-state index in [0.717, 1.165) is 34.2 Å². The number of fused-ring (bicyclic) bond motifs is 1. The number of carboxylic acid groups (broad SMARTS) is 1. The van der Waals surface area contributed by atoms with E-state index >= 15 is 0 Å². The number of aromatic nitrogens is 2. The number of hydrogen-bond acceptors (Lipinski definition) is 5. The highest BCUT2D eigenvalue weighted by atomic mass is 32.1. The predicted octanol–water partition coefficient (Wildman–Crippen LogP) is 4.83. The molecular weight excluding hydrogens is 346 g/mol. The van der Waals surface area contributed by atoms with Gasteiger partial charge in [-0.05, 0) is 23.5 Å². The minimum absolute atomic E-state index is 0.0107. The Morgan fingerprint density at radius 1 is 1.23 bits per heavy atom. The Labute approximate surface area is 157 Å². The zero-order valence-corrected chi connectivity index (χ0v) is 16.0. The van der Waals surface area contributed by atoms with Gasteiger partial charge in [0.1, 0.15) is 23.0 Å². The molecule has 2 N–H and O–H groups in total. The summed E-state index contributed by atoms with van der Waals surface area (Å²) >= 11 is 1.54. The molecule has 2 aromatic heterocycles. The van der Waals surface area contributed by atoms with Gasteiger partial charge in [0.05, 0.1) is 5.39 Å². The van der Waals surface area contributed by atoms with Crippen molar-refractivity contribution in [2.75, 3.05) is 5.32 Å². The fraction of sp³-hybridized carbons (Fsp3) is 0.350. The largest absolute Gasteiger partial charge is 0.480 e. The number of hydrogen-bond donors (Lipinski definition) is 2. The number of aliphatic carboxylic acids is 1. The summed E-state index contributed by atoms with van der Waals surface area (Å²) in [6.07, 6.45) is 3.25. The average Bonchev–Trinajstić information content (AvgIpc) is 3.10.